The number of nitrogens with two attached hydrogens (primary N) is 1. The minimum Gasteiger partial charge on any atom is -0.399 e. The van der Waals surface area contributed by atoms with Gasteiger partial charge in [-0.15, -0.1) is 0 Å². The summed E-state index contributed by atoms with van der Waals surface area (Å²) >= 11 is 0. The summed E-state index contributed by atoms with van der Waals surface area (Å²) in [6, 6.07) is 6.23. The molecule has 0 amide bonds. The molecule has 0 saturated carbocycles. The lowest BCUT2D eigenvalue weighted by atomic mass is 9.98. The molecule has 0 saturated heterocycles. The maximum absolute atomic E-state index is 5.93. The van der Waals surface area contributed by atoms with Crippen molar-refractivity contribution in [1.82, 2.24) is 4.57 Å². The maximum atomic E-state index is 5.93. The number of hydrogen-bond donors (Lipinski definition) is 1. The second kappa shape index (κ2) is 4.05. The van der Waals surface area contributed by atoms with Gasteiger partial charge in [0.15, 0.2) is 0 Å². The Kier molecular flexibility index (Phi) is 2.51. The minimum atomic E-state index is 0.439. The Hall–Kier alpha value is -1.96. The van der Waals surface area contributed by atoms with Gasteiger partial charge in [-0.3, -0.25) is 0 Å². The van der Waals surface area contributed by atoms with Crippen LogP contribution >= 0.6 is 0 Å². The zero-order valence-electron chi connectivity index (χ0n) is 10.9. The number of hydrogen-bond acceptors (Lipinski definition) is 1. The highest BCUT2D eigenvalue weighted by atomic mass is 15.0. The Morgan fingerprint density at radius 3 is 2.89 bits per heavy atom. The molecular weight excluding hydrogens is 220 g/mol. The molecule has 18 heavy (non-hydrogen) atoms. The summed E-state index contributed by atoms with van der Waals surface area (Å²) in [7, 11) is 0. The van der Waals surface area contributed by atoms with E-state index in [9.17, 15) is 0 Å². The number of aryl methyl sites for hydroxylation is 1. The van der Waals surface area contributed by atoms with E-state index in [1.54, 1.807) is 0 Å². The largest absolute Gasteiger partial charge is 0.399 e. The smallest absolute Gasteiger partial charge is 0.0508 e. The zero-order valence-corrected chi connectivity index (χ0v) is 10.9. The van der Waals surface area contributed by atoms with Crippen molar-refractivity contribution in [2.75, 3.05) is 5.73 Å². The lowest BCUT2D eigenvalue weighted by Gasteiger charge is -2.07. The summed E-state index contributed by atoms with van der Waals surface area (Å²) in [6.07, 6.45) is 8.71. The molecular formula is C16H18N2. The number of fused-ring (bicyclic) bond motifs is 3. The molecule has 1 unspecified atom stereocenters. The molecule has 0 fully saturated rings. The summed E-state index contributed by atoms with van der Waals surface area (Å²) < 4.78 is 2.35. The fourth-order valence-corrected chi connectivity index (χ4v) is 2.89. The third-order valence-corrected chi connectivity index (χ3v) is 3.71. The summed E-state index contributed by atoms with van der Waals surface area (Å²) in [4.78, 5) is 0. The number of anilines is 1. The standard InChI is InChI=1S/C16H18N2/c1-3-18-14-7-5-4-6-11(2)16(14)13-9-8-12(17)10-15(13)18/h4-11H,3,17H2,1-2H3. The number of nitrogen functional groups attached to an aromatic ring is 1. The van der Waals surface area contributed by atoms with E-state index in [1.807, 2.05) is 6.07 Å². The predicted molar refractivity (Wildman–Crippen MR) is 78.6 cm³/mol. The molecule has 2 nitrogen and oxygen atoms in total. The van der Waals surface area contributed by atoms with E-state index in [0.29, 0.717) is 5.92 Å². The van der Waals surface area contributed by atoms with Crippen molar-refractivity contribution >= 4 is 22.7 Å². The van der Waals surface area contributed by atoms with Crippen LogP contribution in [-0.2, 0) is 6.54 Å². The first-order chi connectivity index (χ1) is 8.72. The molecule has 1 aromatic carbocycles. The molecule has 0 aliphatic heterocycles. The Bertz CT molecular complexity index is 659. The third-order valence-electron chi connectivity index (χ3n) is 3.71. The van der Waals surface area contributed by atoms with E-state index in [2.05, 4.69) is 54.9 Å². The van der Waals surface area contributed by atoms with Gasteiger partial charge in [0.1, 0.15) is 0 Å². The van der Waals surface area contributed by atoms with Crippen molar-refractivity contribution in [3.8, 4) is 0 Å². The van der Waals surface area contributed by atoms with Crippen molar-refractivity contribution < 1.29 is 0 Å². The van der Waals surface area contributed by atoms with Crippen LogP contribution in [-0.4, -0.2) is 4.57 Å². The van der Waals surface area contributed by atoms with Crippen LogP contribution in [0.1, 0.15) is 31.0 Å². The third kappa shape index (κ3) is 1.49. The molecule has 0 radical (unpaired) electrons. The highest BCUT2D eigenvalue weighted by molar-refractivity contribution is 5.91. The van der Waals surface area contributed by atoms with Crippen LogP contribution in [0.4, 0.5) is 5.69 Å². The molecule has 2 heteroatoms. The molecule has 2 aromatic rings. The van der Waals surface area contributed by atoms with Gasteiger partial charge in [-0.05, 0) is 30.7 Å². The molecule has 1 aliphatic carbocycles. The van der Waals surface area contributed by atoms with Gasteiger partial charge >= 0.3 is 0 Å². The van der Waals surface area contributed by atoms with Crippen molar-refractivity contribution in [2.24, 2.45) is 0 Å². The van der Waals surface area contributed by atoms with Gasteiger partial charge in [-0.2, -0.15) is 0 Å². The van der Waals surface area contributed by atoms with Crippen molar-refractivity contribution in [1.29, 1.82) is 0 Å². The second-order valence-corrected chi connectivity index (χ2v) is 4.85. The molecule has 1 aromatic heterocycles. The van der Waals surface area contributed by atoms with Crippen LogP contribution in [0, 0.1) is 0 Å². The highest BCUT2D eigenvalue weighted by Gasteiger charge is 2.18. The first kappa shape index (κ1) is 11.1. The van der Waals surface area contributed by atoms with Crippen LogP contribution < -0.4 is 5.73 Å². The Labute approximate surface area is 107 Å². The average molecular weight is 238 g/mol. The van der Waals surface area contributed by atoms with Crippen molar-refractivity contribution in [2.45, 2.75) is 26.3 Å². The fourth-order valence-electron chi connectivity index (χ4n) is 2.89. The molecule has 0 bridgehead atoms. The van der Waals surface area contributed by atoms with Gasteiger partial charge in [0.05, 0.1) is 5.52 Å². The molecule has 1 aliphatic rings. The van der Waals surface area contributed by atoms with Gasteiger partial charge < -0.3 is 10.3 Å². The molecule has 1 atom stereocenters. The topological polar surface area (TPSA) is 30.9 Å². The number of allylic oxidation sites excluding steroid dienone is 3. The van der Waals surface area contributed by atoms with Gasteiger partial charge in [-0.1, -0.05) is 31.2 Å². The number of aromatic nitrogens is 1. The molecule has 3 rings (SSSR count). The van der Waals surface area contributed by atoms with E-state index in [4.69, 9.17) is 5.73 Å². The van der Waals surface area contributed by atoms with Crippen LogP contribution in [0.25, 0.3) is 17.0 Å². The van der Waals surface area contributed by atoms with E-state index < -0.39 is 0 Å². The van der Waals surface area contributed by atoms with E-state index in [1.165, 1.54) is 22.2 Å². The Morgan fingerprint density at radius 2 is 2.11 bits per heavy atom. The second-order valence-electron chi connectivity index (χ2n) is 4.85. The maximum Gasteiger partial charge on any atom is 0.0508 e. The molecule has 92 valence electrons. The predicted octanol–water partition coefficient (Wildman–Crippen LogP) is 3.93. The van der Waals surface area contributed by atoms with E-state index in [-0.39, 0.29) is 0 Å². The van der Waals surface area contributed by atoms with Gasteiger partial charge in [0.25, 0.3) is 0 Å². The lowest BCUT2D eigenvalue weighted by Crippen LogP contribution is -1.98. The first-order valence-electron chi connectivity index (χ1n) is 6.49. The average Bonchev–Trinajstić information content (AvgIpc) is 2.54. The van der Waals surface area contributed by atoms with Gasteiger partial charge in [0.2, 0.25) is 0 Å². The van der Waals surface area contributed by atoms with E-state index in [0.717, 1.165) is 12.2 Å². The number of nitrogens with zero attached hydrogens (tertiary/aromatic N) is 1. The summed E-state index contributed by atoms with van der Waals surface area (Å²) in [5.74, 6) is 0.439. The number of rotatable bonds is 1. The quantitative estimate of drug-likeness (QED) is 0.750. The van der Waals surface area contributed by atoms with Crippen LogP contribution in [0.15, 0.2) is 36.4 Å². The summed E-state index contributed by atoms with van der Waals surface area (Å²) in [5.41, 5.74) is 10.7. The Balaban J connectivity index is 2.43. The first-order valence-corrected chi connectivity index (χ1v) is 6.49. The van der Waals surface area contributed by atoms with Gasteiger partial charge in [0, 0.05) is 29.2 Å². The van der Waals surface area contributed by atoms with Crippen molar-refractivity contribution in [3.63, 3.8) is 0 Å². The number of benzene rings is 1. The zero-order chi connectivity index (χ0) is 12.7. The molecule has 0 spiro atoms. The molecule has 1 heterocycles. The monoisotopic (exact) mass is 238 g/mol. The van der Waals surface area contributed by atoms with Crippen LogP contribution in [0.2, 0.25) is 0 Å². The minimum absolute atomic E-state index is 0.439. The normalized spacial score (nSPS) is 18.0. The SMILES string of the molecule is CCn1c2c(c3ccc(N)cc31)C(C)C=CC=C2. The molecule has 2 N–H and O–H groups in total. The van der Waals surface area contributed by atoms with Crippen LogP contribution in [0.3, 0.4) is 0 Å². The van der Waals surface area contributed by atoms with E-state index >= 15 is 0 Å². The Morgan fingerprint density at radius 1 is 1.28 bits per heavy atom. The summed E-state index contributed by atoms with van der Waals surface area (Å²) in [5, 5.41) is 1.32. The van der Waals surface area contributed by atoms with Crippen LogP contribution in [0.5, 0.6) is 0 Å². The van der Waals surface area contributed by atoms with Crippen molar-refractivity contribution in [3.05, 3.63) is 47.7 Å². The summed E-state index contributed by atoms with van der Waals surface area (Å²) in [6.45, 7) is 5.39. The van der Waals surface area contributed by atoms with Gasteiger partial charge in [-0.25, -0.2) is 0 Å². The fraction of sp³-hybridized carbons (Fsp3) is 0.250. The highest BCUT2D eigenvalue weighted by Crippen LogP contribution is 2.35. The lowest BCUT2D eigenvalue weighted by molar-refractivity contribution is 0.780.